The number of unbranched alkanes of at least 4 members (excludes halogenated alkanes) is 1. The van der Waals surface area contributed by atoms with Crippen molar-refractivity contribution in [3.63, 3.8) is 0 Å². The maximum absolute atomic E-state index is 12.8. The summed E-state index contributed by atoms with van der Waals surface area (Å²) in [4.78, 5) is 12.8. The van der Waals surface area contributed by atoms with Gasteiger partial charge >= 0.3 is 0 Å². The third-order valence-electron chi connectivity index (χ3n) is 4.85. The molecule has 28 heavy (non-hydrogen) atoms. The highest BCUT2D eigenvalue weighted by molar-refractivity contribution is 5.82. The Morgan fingerprint density at radius 1 is 1.11 bits per heavy atom. The third-order valence-corrected chi connectivity index (χ3v) is 4.85. The van der Waals surface area contributed by atoms with Crippen LogP contribution in [0.2, 0.25) is 0 Å². The van der Waals surface area contributed by atoms with Crippen LogP contribution in [0.25, 0.3) is 10.8 Å². The highest BCUT2D eigenvalue weighted by Gasteiger charge is 2.10. The quantitative estimate of drug-likeness (QED) is 0.555. The Morgan fingerprint density at radius 2 is 1.89 bits per heavy atom. The molecule has 0 aliphatic heterocycles. The standard InChI is InChI=1S/C23H27NO4/c1-3-4-5-22(27-2)28-20-10-11-21-18(16-20)13-15-24(23(21)26)14-12-17-6-8-19(25)9-7-17/h6-11,13,15-16,22,25H,3-5,12,14H2,1-2H3. The van der Waals surface area contributed by atoms with Crippen LogP contribution in [0.1, 0.15) is 31.7 Å². The van der Waals surface area contributed by atoms with E-state index in [0.717, 1.165) is 36.6 Å². The number of ether oxygens (including phenoxy) is 2. The third kappa shape index (κ3) is 4.93. The van der Waals surface area contributed by atoms with Crippen molar-refractivity contribution in [3.8, 4) is 11.5 Å². The van der Waals surface area contributed by atoms with Gasteiger partial charge in [-0.3, -0.25) is 4.79 Å². The first kappa shape index (κ1) is 20.0. The molecular weight excluding hydrogens is 354 g/mol. The number of pyridine rings is 1. The average molecular weight is 381 g/mol. The second-order valence-electron chi connectivity index (χ2n) is 6.91. The molecule has 1 aromatic heterocycles. The molecule has 1 N–H and O–H groups in total. The van der Waals surface area contributed by atoms with Crippen LogP contribution in [0.15, 0.2) is 59.5 Å². The van der Waals surface area contributed by atoms with E-state index < -0.39 is 0 Å². The molecule has 148 valence electrons. The van der Waals surface area contributed by atoms with Crippen molar-refractivity contribution in [2.24, 2.45) is 0 Å². The summed E-state index contributed by atoms with van der Waals surface area (Å²) < 4.78 is 13.0. The van der Waals surface area contributed by atoms with Gasteiger partial charge in [-0.05, 0) is 60.2 Å². The Morgan fingerprint density at radius 3 is 2.61 bits per heavy atom. The topological polar surface area (TPSA) is 60.7 Å². The summed E-state index contributed by atoms with van der Waals surface area (Å²) in [5.41, 5.74) is 1.06. The number of phenolic OH excluding ortho intramolecular Hbond substituents is 1. The van der Waals surface area contributed by atoms with E-state index in [2.05, 4.69) is 6.92 Å². The van der Waals surface area contributed by atoms with Crippen LogP contribution in [0.3, 0.4) is 0 Å². The second-order valence-corrected chi connectivity index (χ2v) is 6.91. The first-order chi connectivity index (χ1) is 13.6. The predicted molar refractivity (Wildman–Crippen MR) is 111 cm³/mol. The second kappa shape index (κ2) is 9.42. The zero-order valence-electron chi connectivity index (χ0n) is 16.4. The summed E-state index contributed by atoms with van der Waals surface area (Å²) in [6.45, 7) is 2.72. The van der Waals surface area contributed by atoms with Gasteiger partial charge in [0.05, 0.1) is 0 Å². The largest absolute Gasteiger partial charge is 0.508 e. The van der Waals surface area contributed by atoms with Crippen molar-refractivity contribution < 1.29 is 14.6 Å². The van der Waals surface area contributed by atoms with Crippen LogP contribution in [-0.2, 0) is 17.7 Å². The molecule has 3 rings (SSSR count). The summed E-state index contributed by atoms with van der Waals surface area (Å²) in [5.74, 6) is 0.951. The van der Waals surface area contributed by atoms with Gasteiger partial charge in [0, 0.05) is 31.7 Å². The molecule has 2 aromatic carbocycles. The van der Waals surface area contributed by atoms with Crippen LogP contribution < -0.4 is 10.3 Å². The fourth-order valence-corrected chi connectivity index (χ4v) is 3.18. The summed E-state index contributed by atoms with van der Waals surface area (Å²) in [6, 6.07) is 14.5. The first-order valence-electron chi connectivity index (χ1n) is 9.71. The van der Waals surface area contributed by atoms with E-state index in [9.17, 15) is 9.90 Å². The molecule has 0 aliphatic carbocycles. The molecule has 0 saturated heterocycles. The number of phenols is 1. The number of hydrogen-bond acceptors (Lipinski definition) is 4. The summed E-state index contributed by atoms with van der Waals surface area (Å²) in [5, 5.41) is 10.9. The Balaban J connectivity index is 1.74. The number of benzene rings is 2. The normalized spacial score (nSPS) is 12.2. The number of nitrogens with zero attached hydrogens (tertiary/aromatic N) is 1. The minimum Gasteiger partial charge on any atom is -0.508 e. The summed E-state index contributed by atoms with van der Waals surface area (Å²) in [6.07, 6.45) is 5.23. The molecular formula is C23H27NO4. The minimum atomic E-state index is -0.275. The zero-order valence-corrected chi connectivity index (χ0v) is 16.4. The van der Waals surface area contributed by atoms with Crippen molar-refractivity contribution in [2.45, 2.75) is 45.4 Å². The van der Waals surface area contributed by atoms with Crippen LogP contribution in [0.4, 0.5) is 0 Å². The number of fused-ring (bicyclic) bond motifs is 1. The smallest absolute Gasteiger partial charge is 0.258 e. The Kier molecular flexibility index (Phi) is 6.71. The van der Waals surface area contributed by atoms with Crippen molar-refractivity contribution in [2.75, 3.05) is 7.11 Å². The Bertz CT molecular complexity index is 962. The number of aromatic hydroxyl groups is 1. The fourth-order valence-electron chi connectivity index (χ4n) is 3.18. The first-order valence-corrected chi connectivity index (χ1v) is 9.71. The van der Waals surface area contributed by atoms with Crippen LogP contribution >= 0.6 is 0 Å². The molecule has 0 saturated carbocycles. The lowest BCUT2D eigenvalue weighted by atomic mass is 10.1. The maximum Gasteiger partial charge on any atom is 0.258 e. The molecule has 0 spiro atoms. The van der Waals surface area contributed by atoms with Gasteiger partial charge in [-0.15, -0.1) is 0 Å². The van der Waals surface area contributed by atoms with Crippen molar-refractivity contribution in [1.82, 2.24) is 4.57 Å². The number of hydrogen-bond donors (Lipinski definition) is 1. The van der Waals surface area contributed by atoms with Crippen LogP contribution in [0, 0.1) is 0 Å². The summed E-state index contributed by atoms with van der Waals surface area (Å²) in [7, 11) is 1.65. The van der Waals surface area contributed by atoms with Crippen molar-refractivity contribution >= 4 is 10.8 Å². The molecule has 0 bridgehead atoms. The molecule has 5 nitrogen and oxygen atoms in total. The van der Waals surface area contributed by atoms with Crippen LogP contribution in [-0.4, -0.2) is 23.1 Å². The molecule has 1 unspecified atom stereocenters. The molecule has 0 aliphatic rings. The van der Waals surface area contributed by atoms with E-state index in [4.69, 9.17) is 9.47 Å². The molecule has 3 aromatic rings. The zero-order chi connectivity index (χ0) is 19.9. The maximum atomic E-state index is 12.8. The number of rotatable bonds is 9. The van der Waals surface area contributed by atoms with Crippen molar-refractivity contribution in [3.05, 3.63) is 70.6 Å². The molecule has 5 heteroatoms. The highest BCUT2D eigenvalue weighted by Crippen LogP contribution is 2.21. The van der Waals surface area contributed by atoms with E-state index in [1.807, 2.05) is 42.6 Å². The van der Waals surface area contributed by atoms with Gasteiger partial charge in [0.2, 0.25) is 0 Å². The lowest BCUT2D eigenvalue weighted by Crippen LogP contribution is -2.21. The Labute approximate surface area is 165 Å². The molecule has 0 amide bonds. The van der Waals surface area contributed by atoms with E-state index in [1.54, 1.807) is 23.8 Å². The van der Waals surface area contributed by atoms with Gasteiger partial charge in [-0.25, -0.2) is 0 Å². The van der Waals surface area contributed by atoms with Crippen molar-refractivity contribution in [1.29, 1.82) is 0 Å². The van der Waals surface area contributed by atoms with Crippen LogP contribution in [0.5, 0.6) is 11.5 Å². The van der Waals surface area contributed by atoms with Gasteiger partial charge in [-0.1, -0.05) is 25.5 Å². The molecule has 1 heterocycles. The number of aromatic nitrogens is 1. The molecule has 0 fully saturated rings. The van der Waals surface area contributed by atoms with E-state index >= 15 is 0 Å². The number of methoxy groups -OCH3 is 1. The average Bonchev–Trinajstić information content (AvgIpc) is 2.72. The lowest BCUT2D eigenvalue weighted by molar-refractivity contribution is -0.0591. The van der Waals surface area contributed by atoms with E-state index in [0.29, 0.717) is 17.7 Å². The Hall–Kier alpha value is -2.79. The monoisotopic (exact) mass is 381 g/mol. The van der Waals surface area contributed by atoms with Gasteiger partial charge in [0.15, 0.2) is 6.29 Å². The van der Waals surface area contributed by atoms with Gasteiger partial charge in [0.1, 0.15) is 11.5 Å². The van der Waals surface area contributed by atoms with Gasteiger partial charge in [-0.2, -0.15) is 0 Å². The predicted octanol–water partition coefficient (Wildman–Crippen LogP) is 4.49. The van der Waals surface area contributed by atoms with E-state index in [-0.39, 0.29) is 17.6 Å². The lowest BCUT2D eigenvalue weighted by Gasteiger charge is -2.17. The molecule has 1 atom stereocenters. The SMILES string of the molecule is CCCCC(OC)Oc1ccc2c(=O)n(CCc3ccc(O)cc3)ccc2c1. The minimum absolute atomic E-state index is 0.0166. The van der Waals surface area contributed by atoms with E-state index in [1.165, 1.54) is 0 Å². The fraction of sp³-hybridized carbons (Fsp3) is 0.348. The van der Waals surface area contributed by atoms with Gasteiger partial charge < -0.3 is 19.1 Å². The van der Waals surface area contributed by atoms with Gasteiger partial charge in [0.25, 0.3) is 5.56 Å². The number of aryl methyl sites for hydroxylation is 2. The summed E-state index contributed by atoms with van der Waals surface area (Å²) >= 11 is 0. The molecule has 0 radical (unpaired) electrons. The highest BCUT2D eigenvalue weighted by atomic mass is 16.7.